The van der Waals surface area contributed by atoms with Crippen LogP contribution in [-0.2, 0) is 78.3 Å². The molecule has 1 aliphatic rings. The largest absolute Gasteiger partial charge is 0.508 e. The summed E-state index contributed by atoms with van der Waals surface area (Å²) in [5.74, 6) is -16.0. The number of rotatable bonds is 39. The van der Waals surface area contributed by atoms with Crippen LogP contribution >= 0.6 is 11.8 Å². The molecule has 10 atom stereocenters. The summed E-state index contributed by atoms with van der Waals surface area (Å²) in [5, 5.41) is 62.4. The number of nitrogens with zero attached hydrogens (tertiary/aromatic N) is 1. The summed E-state index contributed by atoms with van der Waals surface area (Å²) in [6, 6.07) is -8.18. The molecule has 1 aromatic carbocycles. The third-order valence-electron chi connectivity index (χ3n) is 14.1. The highest BCUT2D eigenvalue weighted by Crippen LogP contribution is 2.22. The number of amides is 12. The molecule has 1 saturated heterocycles. The lowest BCUT2D eigenvalue weighted by molar-refractivity contribution is -0.144. The number of aromatic hydroxyl groups is 1. The number of hydrogen-bond acceptors (Lipinski definition) is 18. The molecule has 2 rings (SSSR count). The molecule has 1 heterocycles. The van der Waals surface area contributed by atoms with Crippen molar-refractivity contribution >= 4 is 100 Å². The van der Waals surface area contributed by atoms with Crippen LogP contribution in [0.5, 0.6) is 5.75 Å². The number of nitrogens with two attached hydrogens (primary N) is 1. The monoisotopic (exact) mass is 1280 g/mol. The maximum atomic E-state index is 14.4. The van der Waals surface area contributed by atoms with Gasteiger partial charge in [0.25, 0.3) is 5.91 Å². The van der Waals surface area contributed by atoms with E-state index in [-0.39, 0.29) is 56.7 Å². The SMILES string of the molecule is CC[C@H](NC(=O)[C@H](CCSC)NC(=O)CNC(=O)C(=O)[C@H](CC(C)C)NC(=O)[C@@H]1CCCN1C(=O)C(NC(=O)[C@@H](NC(=O)[C@H](CCC(=O)O)NC(=O)[C@H](CCC(=O)O)NC(C)=O)C(C)C)C(C)C)C(=O)N[C@@H](Cc1ccc(O)cc1)C(=O)N[C@@H](CO)C(N)=O. The van der Waals surface area contributed by atoms with Crippen molar-refractivity contribution in [1.29, 1.82) is 0 Å². The number of carbonyl (C=O) groups excluding carboxylic acids is 13. The zero-order valence-corrected chi connectivity index (χ0v) is 52.4. The Morgan fingerprint density at radius 2 is 1.11 bits per heavy atom. The number of nitrogens with one attached hydrogen (secondary N) is 10. The van der Waals surface area contributed by atoms with Gasteiger partial charge in [-0.25, -0.2) is 0 Å². The molecule has 12 amide bonds. The Morgan fingerprint density at radius 1 is 0.618 bits per heavy atom. The predicted octanol–water partition coefficient (Wildman–Crippen LogP) is -3.28. The first-order valence-corrected chi connectivity index (χ1v) is 30.6. The van der Waals surface area contributed by atoms with Gasteiger partial charge < -0.3 is 84.2 Å². The summed E-state index contributed by atoms with van der Waals surface area (Å²) in [5.41, 5.74) is 5.75. The van der Waals surface area contributed by atoms with Gasteiger partial charge in [0, 0.05) is 32.7 Å². The molecule has 0 aliphatic carbocycles. The standard InChI is InChI=1S/C57H88N12O19S/c1-10-34(49(80)65-39(25-32-13-15-33(72)16-14-32)53(84)66-40(27-70)48(58)79)62-51(82)37(21-23-89-9)61-42(73)26-59-56(87)47(78)38(24-28(2)3)64-54(85)41-12-11-22-69(41)57(88)46(30(6)7)68-55(86)45(29(4)5)67-52(83)36(18-20-44(76)77)63-50(81)35(60-31(8)71)17-19-43(74)75/h13-16,28-30,34-41,45-46,70,72H,10-12,17-27H2,1-9H3,(H2,58,79)(H,59,87)(H,60,71)(H,61,73)(H,62,82)(H,63,81)(H,64,85)(H,65,80)(H,66,84)(H,67,83)(H,68,86)(H,74,75)(H,76,77)/t34-,35-,36-,37-,38-,39-,40-,41-,45-,46?/m0/s1. The van der Waals surface area contributed by atoms with Gasteiger partial charge in [0.15, 0.2) is 0 Å². The molecule has 1 aromatic rings. The number of phenolic OH excluding ortho intramolecular Hbond substituents is 1. The predicted molar refractivity (Wildman–Crippen MR) is 320 cm³/mol. The number of carbonyl (C=O) groups is 15. The summed E-state index contributed by atoms with van der Waals surface area (Å²) in [6.45, 7) is 10.8. The number of thioether (sulfide) groups is 1. The molecule has 1 aliphatic heterocycles. The maximum absolute atomic E-state index is 14.4. The summed E-state index contributed by atoms with van der Waals surface area (Å²) in [7, 11) is 0. The Kier molecular flexibility index (Phi) is 32.8. The summed E-state index contributed by atoms with van der Waals surface area (Å²) in [6.07, 6.45) is -0.0863. The zero-order valence-electron chi connectivity index (χ0n) is 51.6. The average Bonchev–Trinajstić information content (AvgIpc) is 2.83. The molecular weight excluding hydrogens is 1190 g/mol. The van der Waals surface area contributed by atoms with E-state index in [0.29, 0.717) is 17.7 Å². The van der Waals surface area contributed by atoms with Gasteiger partial charge in [0.2, 0.25) is 70.8 Å². The number of likely N-dealkylation sites (tertiary alicyclic amines) is 1. The molecule has 16 N–H and O–H groups in total. The summed E-state index contributed by atoms with van der Waals surface area (Å²) < 4.78 is 0. The van der Waals surface area contributed by atoms with Crippen LogP contribution in [0.4, 0.5) is 0 Å². The highest BCUT2D eigenvalue weighted by atomic mass is 32.2. The van der Waals surface area contributed by atoms with Gasteiger partial charge >= 0.3 is 11.9 Å². The topological polar surface area (TPSA) is 487 Å². The van der Waals surface area contributed by atoms with Crippen molar-refractivity contribution in [3.63, 3.8) is 0 Å². The van der Waals surface area contributed by atoms with Crippen LogP contribution in [0.1, 0.15) is 119 Å². The third kappa shape index (κ3) is 26.4. The Morgan fingerprint density at radius 3 is 1.62 bits per heavy atom. The van der Waals surface area contributed by atoms with Crippen molar-refractivity contribution in [1.82, 2.24) is 58.1 Å². The normalized spacial score (nSPS) is 15.9. The number of aliphatic hydroxyl groups excluding tert-OH is 1. The van der Waals surface area contributed by atoms with Crippen LogP contribution in [0.25, 0.3) is 0 Å². The minimum Gasteiger partial charge on any atom is -0.508 e. The number of benzene rings is 1. The lowest BCUT2D eigenvalue weighted by Gasteiger charge is -2.33. The number of Topliss-reactive ketones (excluding diaryl/α,β-unsaturated/α-hetero) is 1. The fourth-order valence-corrected chi connectivity index (χ4v) is 9.67. The van der Waals surface area contributed by atoms with E-state index in [4.69, 9.17) is 10.8 Å². The number of aliphatic hydroxyl groups is 1. The molecular formula is C57H88N12O19S. The van der Waals surface area contributed by atoms with Gasteiger partial charge in [-0.3, -0.25) is 71.9 Å². The zero-order chi connectivity index (χ0) is 67.4. The molecule has 0 radical (unpaired) electrons. The van der Waals surface area contributed by atoms with Gasteiger partial charge in [0.05, 0.1) is 19.2 Å². The van der Waals surface area contributed by atoms with Crippen molar-refractivity contribution in [2.24, 2.45) is 23.5 Å². The minimum atomic E-state index is -1.59. The van der Waals surface area contributed by atoms with E-state index >= 15 is 0 Å². The molecule has 31 nitrogen and oxygen atoms in total. The van der Waals surface area contributed by atoms with Crippen molar-refractivity contribution in [3.8, 4) is 5.75 Å². The number of phenols is 1. The van der Waals surface area contributed by atoms with Gasteiger partial charge in [0.1, 0.15) is 60.1 Å². The maximum Gasteiger partial charge on any atom is 0.303 e. The highest BCUT2D eigenvalue weighted by molar-refractivity contribution is 7.98. The van der Waals surface area contributed by atoms with Gasteiger partial charge in [-0.15, -0.1) is 0 Å². The molecule has 0 aromatic heterocycles. The molecule has 1 unspecified atom stereocenters. The fourth-order valence-electron chi connectivity index (χ4n) is 9.20. The third-order valence-corrected chi connectivity index (χ3v) is 14.7. The number of ketones is 1. The van der Waals surface area contributed by atoms with Crippen molar-refractivity contribution < 1.29 is 92.3 Å². The molecule has 0 bridgehead atoms. The van der Waals surface area contributed by atoms with Crippen LogP contribution in [0.3, 0.4) is 0 Å². The number of aliphatic carboxylic acids is 2. The number of hydrogen-bond donors (Lipinski definition) is 15. The van der Waals surface area contributed by atoms with Crippen LogP contribution in [0.15, 0.2) is 24.3 Å². The Hall–Kier alpha value is -8.42. The van der Waals surface area contributed by atoms with E-state index in [0.717, 1.165) is 6.92 Å². The number of primary amides is 1. The first-order chi connectivity index (χ1) is 41.7. The molecule has 0 spiro atoms. The lowest BCUT2D eigenvalue weighted by atomic mass is 9.98. The van der Waals surface area contributed by atoms with E-state index < -0.39 is 193 Å². The molecule has 32 heteroatoms. The van der Waals surface area contributed by atoms with E-state index in [9.17, 15) is 87.2 Å². The van der Waals surface area contributed by atoms with Gasteiger partial charge in [-0.2, -0.15) is 11.8 Å². The Labute approximate surface area is 519 Å². The van der Waals surface area contributed by atoms with Crippen LogP contribution in [-0.4, -0.2) is 206 Å². The van der Waals surface area contributed by atoms with Gasteiger partial charge in [-0.05, 0) is 92.4 Å². The summed E-state index contributed by atoms with van der Waals surface area (Å²) in [4.78, 5) is 199. The molecule has 0 saturated carbocycles. The number of carboxylic acids is 2. The second-order valence-electron chi connectivity index (χ2n) is 22.5. The van der Waals surface area contributed by atoms with E-state index in [1.54, 1.807) is 54.7 Å². The molecule has 89 heavy (non-hydrogen) atoms. The van der Waals surface area contributed by atoms with E-state index in [1.807, 2.05) is 0 Å². The first-order valence-electron chi connectivity index (χ1n) is 29.2. The Bertz CT molecular complexity index is 2700. The van der Waals surface area contributed by atoms with Crippen LogP contribution in [0, 0.1) is 17.8 Å². The van der Waals surface area contributed by atoms with Crippen LogP contribution < -0.4 is 58.9 Å². The van der Waals surface area contributed by atoms with Crippen molar-refractivity contribution in [2.75, 3.05) is 31.7 Å². The van der Waals surface area contributed by atoms with Gasteiger partial charge in [-0.1, -0.05) is 60.6 Å². The molecule has 1 fully saturated rings. The quantitative estimate of drug-likeness (QED) is 0.0288. The average molecular weight is 1280 g/mol. The fraction of sp³-hybridized carbons (Fsp3) is 0.632. The second-order valence-corrected chi connectivity index (χ2v) is 23.5. The first kappa shape index (κ1) is 76.7. The van der Waals surface area contributed by atoms with Crippen molar-refractivity contribution in [2.45, 2.75) is 180 Å². The van der Waals surface area contributed by atoms with Crippen molar-refractivity contribution in [3.05, 3.63) is 29.8 Å². The minimum absolute atomic E-state index is 0.0191. The highest BCUT2D eigenvalue weighted by Gasteiger charge is 2.42. The molecule has 496 valence electrons. The summed E-state index contributed by atoms with van der Waals surface area (Å²) >= 11 is 1.33. The number of carboxylic acid groups (broad SMARTS) is 2. The smallest absolute Gasteiger partial charge is 0.303 e. The Balaban J connectivity index is 2.23. The van der Waals surface area contributed by atoms with E-state index in [2.05, 4.69) is 53.2 Å². The van der Waals surface area contributed by atoms with Crippen LogP contribution in [0.2, 0.25) is 0 Å². The lowest BCUT2D eigenvalue weighted by Crippen LogP contribution is -2.61. The second kappa shape index (κ2) is 38.1. The van der Waals surface area contributed by atoms with E-state index in [1.165, 1.54) is 40.9 Å².